The summed E-state index contributed by atoms with van der Waals surface area (Å²) in [5.41, 5.74) is 7.15. The third-order valence-electron chi connectivity index (χ3n) is 6.06. The van der Waals surface area contributed by atoms with Crippen LogP contribution in [0.3, 0.4) is 0 Å². The number of hydrogen-bond donors (Lipinski definition) is 1. The molecule has 0 aromatic carbocycles. The lowest BCUT2D eigenvalue weighted by atomic mass is 9.48. The minimum Gasteiger partial charge on any atom is -0.383 e. The average Bonchev–Trinajstić information content (AvgIpc) is 2.34. The average molecular weight is 266 g/mol. The molecule has 0 radical (unpaired) electrons. The Morgan fingerprint density at radius 3 is 2.16 bits per heavy atom. The first-order valence-corrected chi connectivity index (χ1v) is 8.04. The van der Waals surface area contributed by atoms with Crippen molar-refractivity contribution in [2.75, 3.05) is 33.9 Å². The van der Waals surface area contributed by atoms with Crippen LogP contribution >= 0.6 is 0 Å². The summed E-state index contributed by atoms with van der Waals surface area (Å²) in [6, 6.07) is 0.364. The zero-order valence-electron chi connectivity index (χ0n) is 12.6. The maximum Gasteiger partial charge on any atom is 0.0589 e. The zero-order valence-corrected chi connectivity index (χ0v) is 12.6. The number of likely N-dealkylation sites (N-methyl/N-ethyl adjacent to an activating group) is 1. The van der Waals surface area contributed by atoms with Gasteiger partial charge in [-0.3, -0.25) is 0 Å². The maximum absolute atomic E-state index is 6.66. The first-order valence-electron chi connectivity index (χ1n) is 8.04. The second-order valence-electron chi connectivity index (χ2n) is 7.64. The monoisotopic (exact) mass is 266 g/mol. The fourth-order valence-corrected chi connectivity index (χ4v) is 5.50. The standard InChI is InChI=1S/C16H30N2O/c1-18(3-4-19-2)11-15(17)16-8-12-5-13(9-16)7-14(6-12)10-16/h12-15H,3-11,17H2,1-2H3. The lowest BCUT2D eigenvalue weighted by Gasteiger charge is -2.59. The van der Waals surface area contributed by atoms with E-state index in [2.05, 4.69) is 11.9 Å². The molecule has 0 aromatic heterocycles. The highest BCUT2D eigenvalue weighted by Crippen LogP contribution is 2.60. The highest BCUT2D eigenvalue weighted by atomic mass is 16.5. The Balaban J connectivity index is 1.61. The summed E-state index contributed by atoms with van der Waals surface area (Å²) in [4.78, 5) is 2.35. The van der Waals surface area contributed by atoms with Crippen LogP contribution in [0.5, 0.6) is 0 Å². The van der Waals surface area contributed by atoms with E-state index in [1.807, 2.05) is 0 Å². The third-order valence-corrected chi connectivity index (χ3v) is 6.06. The van der Waals surface area contributed by atoms with Crippen LogP contribution in [-0.4, -0.2) is 44.8 Å². The fourth-order valence-electron chi connectivity index (χ4n) is 5.50. The van der Waals surface area contributed by atoms with Crippen molar-refractivity contribution in [2.45, 2.75) is 44.6 Å². The molecule has 3 heteroatoms. The molecule has 4 rings (SSSR count). The quantitative estimate of drug-likeness (QED) is 0.800. The van der Waals surface area contributed by atoms with E-state index < -0.39 is 0 Å². The number of rotatable bonds is 6. The summed E-state index contributed by atoms with van der Waals surface area (Å²) in [6.07, 6.45) is 8.76. The molecule has 1 atom stereocenters. The molecule has 19 heavy (non-hydrogen) atoms. The van der Waals surface area contributed by atoms with Gasteiger partial charge in [-0.1, -0.05) is 0 Å². The second kappa shape index (κ2) is 5.34. The van der Waals surface area contributed by atoms with Crippen molar-refractivity contribution >= 4 is 0 Å². The highest BCUT2D eigenvalue weighted by Gasteiger charge is 2.53. The van der Waals surface area contributed by atoms with Gasteiger partial charge in [0.25, 0.3) is 0 Å². The highest BCUT2D eigenvalue weighted by molar-refractivity contribution is 5.05. The van der Waals surface area contributed by atoms with Gasteiger partial charge in [0, 0.05) is 26.2 Å². The normalized spacial score (nSPS) is 42.0. The van der Waals surface area contributed by atoms with Crippen molar-refractivity contribution in [2.24, 2.45) is 28.9 Å². The molecule has 110 valence electrons. The topological polar surface area (TPSA) is 38.5 Å². The van der Waals surface area contributed by atoms with E-state index in [1.54, 1.807) is 7.11 Å². The van der Waals surface area contributed by atoms with E-state index in [4.69, 9.17) is 10.5 Å². The number of hydrogen-bond acceptors (Lipinski definition) is 3. The molecule has 2 N–H and O–H groups in total. The Morgan fingerprint density at radius 2 is 1.68 bits per heavy atom. The lowest BCUT2D eigenvalue weighted by Crippen LogP contribution is -2.57. The van der Waals surface area contributed by atoms with Crippen molar-refractivity contribution in [3.05, 3.63) is 0 Å². The van der Waals surface area contributed by atoms with Crippen molar-refractivity contribution in [1.82, 2.24) is 4.90 Å². The van der Waals surface area contributed by atoms with Crippen molar-refractivity contribution in [3.63, 3.8) is 0 Å². The zero-order chi connectivity index (χ0) is 13.5. The largest absolute Gasteiger partial charge is 0.383 e. The second-order valence-corrected chi connectivity index (χ2v) is 7.64. The van der Waals surface area contributed by atoms with E-state index in [0.717, 1.165) is 37.5 Å². The van der Waals surface area contributed by atoms with Gasteiger partial charge in [-0.05, 0) is 68.7 Å². The number of nitrogens with zero attached hydrogens (tertiary/aromatic N) is 1. The van der Waals surface area contributed by atoms with Gasteiger partial charge in [-0.15, -0.1) is 0 Å². The molecule has 0 spiro atoms. The minimum atomic E-state index is 0.364. The molecule has 0 aliphatic heterocycles. The van der Waals surface area contributed by atoms with Crippen LogP contribution in [0.4, 0.5) is 0 Å². The van der Waals surface area contributed by atoms with E-state index >= 15 is 0 Å². The van der Waals surface area contributed by atoms with Crippen LogP contribution in [0, 0.1) is 23.2 Å². The van der Waals surface area contributed by atoms with Crippen molar-refractivity contribution in [3.8, 4) is 0 Å². The third kappa shape index (κ3) is 2.70. The van der Waals surface area contributed by atoms with Crippen LogP contribution in [0.25, 0.3) is 0 Å². The van der Waals surface area contributed by atoms with Crippen molar-refractivity contribution in [1.29, 1.82) is 0 Å². The first-order chi connectivity index (χ1) is 9.11. The van der Waals surface area contributed by atoms with Crippen LogP contribution in [0.15, 0.2) is 0 Å². The van der Waals surface area contributed by atoms with Gasteiger partial charge >= 0.3 is 0 Å². The van der Waals surface area contributed by atoms with Gasteiger partial charge in [-0.25, -0.2) is 0 Å². The number of nitrogens with two attached hydrogens (primary N) is 1. The fraction of sp³-hybridized carbons (Fsp3) is 1.00. The molecule has 4 bridgehead atoms. The molecule has 3 nitrogen and oxygen atoms in total. The van der Waals surface area contributed by atoms with Gasteiger partial charge in [0.05, 0.1) is 6.61 Å². The molecular formula is C16H30N2O. The molecule has 0 heterocycles. The van der Waals surface area contributed by atoms with E-state index in [-0.39, 0.29) is 0 Å². The number of ether oxygens (including phenoxy) is 1. The van der Waals surface area contributed by atoms with Crippen LogP contribution in [-0.2, 0) is 4.74 Å². The number of methoxy groups -OCH3 is 1. The summed E-state index contributed by atoms with van der Waals surface area (Å²) in [7, 11) is 3.95. The van der Waals surface area contributed by atoms with Gasteiger partial charge in [0.1, 0.15) is 0 Å². The SMILES string of the molecule is COCCN(C)CC(N)C12CC3CC(CC(C3)C1)C2. The summed E-state index contributed by atoms with van der Waals surface area (Å²) in [5, 5.41) is 0. The van der Waals surface area contributed by atoms with Gasteiger partial charge in [-0.2, -0.15) is 0 Å². The van der Waals surface area contributed by atoms with Gasteiger partial charge in [0.2, 0.25) is 0 Å². The Labute approximate surface area is 117 Å². The summed E-state index contributed by atoms with van der Waals surface area (Å²) in [5.74, 6) is 3.00. The molecule has 0 aromatic rings. The first kappa shape index (κ1) is 13.8. The molecular weight excluding hydrogens is 236 g/mol. The lowest BCUT2D eigenvalue weighted by molar-refractivity contribution is -0.0710. The van der Waals surface area contributed by atoms with Crippen LogP contribution < -0.4 is 5.73 Å². The maximum atomic E-state index is 6.66. The Morgan fingerprint density at radius 1 is 1.16 bits per heavy atom. The Kier molecular flexibility index (Phi) is 3.89. The van der Waals surface area contributed by atoms with E-state index in [0.29, 0.717) is 11.5 Å². The molecule has 4 fully saturated rings. The molecule has 4 aliphatic carbocycles. The van der Waals surface area contributed by atoms with Crippen molar-refractivity contribution < 1.29 is 4.74 Å². The summed E-state index contributed by atoms with van der Waals surface area (Å²) < 4.78 is 5.16. The van der Waals surface area contributed by atoms with Crippen LogP contribution in [0.1, 0.15) is 38.5 Å². The van der Waals surface area contributed by atoms with E-state index in [9.17, 15) is 0 Å². The van der Waals surface area contributed by atoms with Gasteiger partial charge in [0.15, 0.2) is 0 Å². The molecule has 4 saturated carbocycles. The molecule has 0 saturated heterocycles. The molecule has 1 unspecified atom stereocenters. The predicted octanol–water partition coefficient (Wildman–Crippen LogP) is 2.11. The van der Waals surface area contributed by atoms with Gasteiger partial charge < -0.3 is 15.4 Å². The summed E-state index contributed by atoms with van der Waals surface area (Å²) in [6.45, 7) is 2.84. The summed E-state index contributed by atoms with van der Waals surface area (Å²) >= 11 is 0. The smallest absolute Gasteiger partial charge is 0.0589 e. The predicted molar refractivity (Wildman–Crippen MR) is 78.0 cm³/mol. The molecule has 0 amide bonds. The Bertz CT molecular complexity index is 283. The van der Waals surface area contributed by atoms with E-state index in [1.165, 1.54) is 38.5 Å². The minimum absolute atomic E-state index is 0.364. The molecule has 4 aliphatic rings. The van der Waals surface area contributed by atoms with Crippen LogP contribution in [0.2, 0.25) is 0 Å². The Hall–Kier alpha value is -0.120.